The zero-order valence-corrected chi connectivity index (χ0v) is 12.3. The molecule has 0 aromatic heterocycles. The molecular formula is C12H10CuNO6P. The molecule has 0 atom stereocenters. The van der Waals surface area contributed by atoms with Gasteiger partial charge in [0.05, 0.1) is 5.09 Å². The fourth-order valence-electron chi connectivity index (χ4n) is 1.15. The zero-order chi connectivity index (χ0) is 14.8. The van der Waals surface area contributed by atoms with Gasteiger partial charge < -0.3 is 29.3 Å². The smallest absolute Gasteiger partial charge is 0.765 e. The standard InChI is InChI=1S/C12H10O3P.Cu.NO3/c13-16(14-11-7-3-1-4-8-11)15-12-9-5-2-6-10-12;;2-1(3)4/h1-10H;;/q-1;+2;-1. The van der Waals surface area contributed by atoms with Crippen LogP contribution < -0.4 is 13.9 Å². The second kappa shape index (κ2) is 10.9. The first kappa shape index (κ1) is 19.1. The Morgan fingerprint density at radius 1 is 0.810 bits per heavy atom. The molecule has 9 heteroatoms. The van der Waals surface area contributed by atoms with Gasteiger partial charge in [0.25, 0.3) is 0 Å². The summed E-state index contributed by atoms with van der Waals surface area (Å²) < 4.78 is 10.2. The Kier molecular flexibility index (Phi) is 9.92. The fraction of sp³-hybridized carbons (Fsp3) is 0. The summed E-state index contributed by atoms with van der Waals surface area (Å²) in [7, 11) is -2.18. The molecule has 0 unspecified atom stereocenters. The molecule has 0 aliphatic carbocycles. The normalized spacial score (nSPS) is 8.86. The monoisotopic (exact) mass is 358 g/mol. The molecule has 0 heterocycles. The summed E-state index contributed by atoms with van der Waals surface area (Å²) in [5.41, 5.74) is 0. The van der Waals surface area contributed by atoms with Gasteiger partial charge in [0, 0.05) is 0 Å². The Balaban J connectivity index is 0.000000715. The van der Waals surface area contributed by atoms with E-state index in [1.807, 2.05) is 12.1 Å². The summed E-state index contributed by atoms with van der Waals surface area (Å²) in [4.78, 5) is 19.7. The predicted octanol–water partition coefficient (Wildman–Crippen LogP) is 2.49. The molecule has 2 rings (SSSR count). The van der Waals surface area contributed by atoms with Crippen molar-refractivity contribution in [3.63, 3.8) is 0 Å². The van der Waals surface area contributed by atoms with Crippen LogP contribution in [0.4, 0.5) is 0 Å². The quantitative estimate of drug-likeness (QED) is 0.359. The maximum Gasteiger partial charge on any atom is 2.00 e. The third kappa shape index (κ3) is 9.65. The molecule has 21 heavy (non-hydrogen) atoms. The second-order valence-electron chi connectivity index (χ2n) is 3.26. The van der Waals surface area contributed by atoms with E-state index in [1.165, 1.54) is 0 Å². The first-order valence-corrected chi connectivity index (χ1v) is 6.42. The summed E-state index contributed by atoms with van der Waals surface area (Å²) in [6.45, 7) is 0. The Labute approximate surface area is 132 Å². The van der Waals surface area contributed by atoms with E-state index in [-0.39, 0.29) is 17.1 Å². The van der Waals surface area contributed by atoms with E-state index in [1.54, 1.807) is 48.5 Å². The molecule has 2 aromatic rings. The van der Waals surface area contributed by atoms with Crippen LogP contribution in [-0.4, -0.2) is 5.09 Å². The third-order valence-corrected chi connectivity index (χ3v) is 2.57. The molecular weight excluding hydrogens is 349 g/mol. The minimum atomic E-state index is -2.18. The minimum absolute atomic E-state index is 0. The van der Waals surface area contributed by atoms with Gasteiger partial charge in [-0.25, -0.2) is 0 Å². The summed E-state index contributed by atoms with van der Waals surface area (Å²) in [6.07, 6.45) is 0. The van der Waals surface area contributed by atoms with Gasteiger partial charge in [-0.05, 0) is 24.3 Å². The van der Waals surface area contributed by atoms with Crippen LogP contribution in [0.2, 0.25) is 0 Å². The molecule has 0 bridgehead atoms. The van der Waals surface area contributed by atoms with Crippen LogP contribution in [0, 0.1) is 15.3 Å². The van der Waals surface area contributed by atoms with Crippen LogP contribution in [0.15, 0.2) is 60.7 Å². The van der Waals surface area contributed by atoms with Crippen molar-refractivity contribution in [2.24, 2.45) is 0 Å². The maximum absolute atomic E-state index is 11.5. The first-order valence-electron chi connectivity index (χ1n) is 5.33. The summed E-state index contributed by atoms with van der Waals surface area (Å²) >= 11 is 0. The summed E-state index contributed by atoms with van der Waals surface area (Å²) in [5.74, 6) is 1.05. The molecule has 0 fully saturated rings. The van der Waals surface area contributed by atoms with Crippen LogP contribution in [0.3, 0.4) is 0 Å². The molecule has 2 aromatic carbocycles. The van der Waals surface area contributed by atoms with Crippen molar-refractivity contribution in [2.45, 2.75) is 0 Å². The number of hydrogen-bond donors (Lipinski definition) is 0. The Bertz CT molecular complexity index is 470. The molecule has 1 radical (unpaired) electrons. The Morgan fingerprint density at radius 2 is 1.10 bits per heavy atom. The van der Waals surface area contributed by atoms with Crippen LogP contribution in [-0.2, 0) is 17.1 Å². The van der Waals surface area contributed by atoms with E-state index in [0.717, 1.165) is 0 Å². The molecule has 0 N–H and O–H groups in total. The van der Waals surface area contributed by atoms with E-state index in [2.05, 4.69) is 0 Å². The molecule has 0 aliphatic heterocycles. The van der Waals surface area contributed by atoms with E-state index in [4.69, 9.17) is 24.4 Å². The molecule has 0 aliphatic rings. The molecule has 0 amide bonds. The van der Waals surface area contributed by atoms with Crippen LogP contribution in [0.25, 0.3) is 0 Å². The van der Waals surface area contributed by atoms with Gasteiger partial charge in [-0.1, -0.05) is 36.4 Å². The van der Waals surface area contributed by atoms with Gasteiger partial charge in [-0.3, -0.25) is 0 Å². The van der Waals surface area contributed by atoms with Gasteiger partial charge in [0.15, 0.2) is 0 Å². The van der Waals surface area contributed by atoms with Crippen LogP contribution >= 0.6 is 8.60 Å². The molecule has 0 saturated carbocycles. The van der Waals surface area contributed by atoms with Crippen molar-refractivity contribution in [1.29, 1.82) is 0 Å². The largest absolute Gasteiger partial charge is 2.00 e. The van der Waals surface area contributed by atoms with Crippen molar-refractivity contribution in [1.82, 2.24) is 0 Å². The van der Waals surface area contributed by atoms with E-state index < -0.39 is 13.7 Å². The predicted molar refractivity (Wildman–Crippen MR) is 71.4 cm³/mol. The van der Waals surface area contributed by atoms with Gasteiger partial charge in [-0.15, -0.1) is 0 Å². The van der Waals surface area contributed by atoms with Gasteiger partial charge in [0.2, 0.25) is 8.60 Å². The minimum Gasteiger partial charge on any atom is -0.765 e. The topological polar surface area (TPSA) is 108 Å². The molecule has 7 nitrogen and oxygen atoms in total. The zero-order valence-electron chi connectivity index (χ0n) is 10.4. The van der Waals surface area contributed by atoms with Crippen molar-refractivity contribution in [3.05, 3.63) is 76.0 Å². The van der Waals surface area contributed by atoms with E-state index in [9.17, 15) is 4.89 Å². The molecule has 0 saturated heterocycles. The average Bonchev–Trinajstić information content (AvgIpc) is 2.40. The number of hydrogen-bond acceptors (Lipinski definition) is 6. The van der Waals surface area contributed by atoms with Crippen LogP contribution in [0.1, 0.15) is 0 Å². The molecule has 0 spiro atoms. The van der Waals surface area contributed by atoms with Crippen molar-refractivity contribution in [2.75, 3.05) is 0 Å². The fourth-order valence-corrected chi connectivity index (χ4v) is 1.78. The third-order valence-electron chi connectivity index (χ3n) is 1.85. The number of rotatable bonds is 4. The number of nitrogens with zero attached hydrogens (tertiary/aromatic N) is 1. The average molecular weight is 359 g/mol. The number of para-hydroxylation sites is 2. The van der Waals surface area contributed by atoms with Gasteiger partial charge >= 0.3 is 17.1 Å². The summed E-state index contributed by atoms with van der Waals surface area (Å²) in [5, 5.41) is 14.8. The summed E-state index contributed by atoms with van der Waals surface area (Å²) in [6, 6.07) is 17.8. The first-order chi connectivity index (χ1) is 9.58. The van der Waals surface area contributed by atoms with Crippen molar-refractivity contribution >= 4 is 8.60 Å². The van der Waals surface area contributed by atoms with E-state index >= 15 is 0 Å². The van der Waals surface area contributed by atoms with E-state index in [0.29, 0.717) is 11.5 Å². The van der Waals surface area contributed by atoms with Gasteiger partial charge in [-0.2, -0.15) is 0 Å². The number of benzene rings is 2. The van der Waals surface area contributed by atoms with Crippen LogP contribution in [0.5, 0.6) is 11.5 Å². The Hall–Kier alpha value is -1.85. The maximum atomic E-state index is 11.5. The Morgan fingerprint density at radius 3 is 1.38 bits per heavy atom. The molecule has 115 valence electrons. The second-order valence-corrected chi connectivity index (χ2v) is 4.07. The SMILES string of the molecule is O=[N+]([O-])[O-].[Cu+2].[O-]P(Oc1ccccc1)Oc1ccccc1. The van der Waals surface area contributed by atoms with Crippen molar-refractivity contribution in [3.8, 4) is 11.5 Å². The van der Waals surface area contributed by atoms with Crippen molar-refractivity contribution < 1.29 is 36.1 Å². The van der Waals surface area contributed by atoms with Gasteiger partial charge in [0.1, 0.15) is 11.5 Å².